The minimum Gasteiger partial charge on any atom is -0.349 e. The molecule has 5 heteroatoms. The van der Waals surface area contributed by atoms with Gasteiger partial charge in [-0.3, -0.25) is 19.3 Å². The summed E-state index contributed by atoms with van der Waals surface area (Å²) in [6.07, 6.45) is 6.35. The number of benzene rings is 1. The molecule has 3 amide bonds. The van der Waals surface area contributed by atoms with Gasteiger partial charge in [0.15, 0.2) is 0 Å². The van der Waals surface area contributed by atoms with E-state index in [9.17, 15) is 14.4 Å². The zero-order valence-electron chi connectivity index (χ0n) is 13.2. The molecule has 23 heavy (non-hydrogen) atoms. The lowest BCUT2D eigenvalue weighted by Gasteiger charge is -2.22. The highest BCUT2D eigenvalue weighted by Gasteiger charge is 2.28. The molecule has 0 spiro atoms. The number of nitrogens with zero attached hydrogens (tertiary/aromatic N) is 1. The van der Waals surface area contributed by atoms with Crippen molar-refractivity contribution in [3.8, 4) is 0 Å². The quantitative estimate of drug-likeness (QED) is 0.868. The fourth-order valence-corrected chi connectivity index (χ4v) is 3.26. The molecule has 0 atom stereocenters. The van der Waals surface area contributed by atoms with E-state index in [0.717, 1.165) is 18.4 Å². The number of carbonyl (C=O) groups is 3. The highest BCUT2D eigenvalue weighted by Crippen LogP contribution is 2.19. The van der Waals surface area contributed by atoms with Gasteiger partial charge in [0.05, 0.1) is 6.54 Å². The van der Waals surface area contributed by atoms with Crippen molar-refractivity contribution < 1.29 is 14.4 Å². The third kappa shape index (κ3) is 3.78. The minimum absolute atomic E-state index is 0.0447. The van der Waals surface area contributed by atoms with Gasteiger partial charge in [-0.15, -0.1) is 0 Å². The first kappa shape index (κ1) is 15.7. The lowest BCUT2D eigenvalue weighted by Crippen LogP contribution is -2.36. The van der Waals surface area contributed by atoms with Crippen LogP contribution in [0.1, 0.15) is 60.9 Å². The standard InChI is InChI=1S/C18H22N2O3/c21-16-10-11-17(22)20(16)12-13-6-8-14(9-7-13)18(23)19-15-4-2-1-3-5-15/h6-9,15H,1-5,10-12H2,(H,19,23). The van der Waals surface area contributed by atoms with E-state index in [1.54, 1.807) is 12.1 Å². The van der Waals surface area contributed by atoms with Gasteiger partial charge in [-0.1, -0.05) is 31.4 Å². The summed E-state index contributed by atoms with van der Waals surface area (Å²) in [6, 6.07) is 7.44. The zero-order valence-corrected chi connectivity index (χ0v) is 13.2. The van der Waals surface area contributed by atoms with Crippen LogP contribution in [0.15, 0.2) is 24.3 Å². The molecule has 5 nitrogen and oxygen atoms in total. The van der Waals surface area contributed by atoms with Crippen LogP contribution >= 0.6 is 0 Å². The molecule has 3 rings (SSSR count). The monoisotopic (exact) mass is 314 g/mol. The Bertz CT molecular complexity index is 587. The molecule has 0 aromatic heterocycles. The highest BCUT2D eigenvalue weighted by molar-refractivity contribution is 6.01. The second kappa shape index (κ2) is 6.94. The van der Waals surface area contributed by atoms with Crippen LogP contribution in [-0.2, 0) is 16.1 Å². The van der Waals surface area contributed by atoms with Crippen molar-refractivity contribution in [3.63, 3.8) is 0 Å². The van der Waals surface area contributed by atoms with E-state index in [1.807, 2.05) is 12.1 Å². The lowest BCUT2D eigenvalue weighted by molar-refractivity contribution is -0.139. The largest absolute Gasteiger partial charge is 0.349 e. The van der Waals surface area contributed by atoms with Crippen molar-refractivity contribution in [1.29, 1.82) is 0 Å². The second-order valence-corrected chi connectivity index (χ2v) is 6.38. The molecular formula is C18H22N2O3. The summed E-state index contributed by atoms with van der Waals surface area (Å²) in [7, 11) is 0. The smallest absolute Gasteiger partial charge is 0.251 e. The third-order valence-electron chi connectivity index (χ3n) is 4.65. The van der Waals surface area contributed by atoms with Gasteiger partial charge in [-0.25, -0.2) is 0 Å². The van der Waals surface area contributed by atoms with Gasteiger partial charge in [-0.05, 0) is 30.5 Å². The van der Waals surface area contributed by atoms with Gasteiger partial charge >= 0.3 is 0 Å². The number of carbonyl (C=O) groups excluding carboxylic acids is 3. The zero-order chi connectivity index (χ0) is 16.2. The summed E-state index contributed by atoms with van der Waals surface area (Å²) in [5.74, 6) is -0.278. The minimum atomic E-state index is -0.117. The average molecular weight is 314 g/mol. The van der Waals surface area contributed by atoms with Gasteiger partial charge in [0, 0.05) is 24.4 Å². The van der Waals surface area contributed by atoms with Gasteiger partial charge in [0.1, 0.15) is 0 Å². The SMILES string of the molecule is O=C(NC1CCCCC1)c1ccc(CN2C(=O)CCC2=O)cc1. The summed E-state index contributed by atoms with van der Waals surface area (Å²) in [5.41, 5.74) is 1.49. The molecule has 1 aromatic rings. The lowest BCUT2D eigenvalue weighted by atomic mass is 9.95. The van der Waals surface area contributed by atoms with Crippen LogP contribution in [0.4, 0.5) is 0 Å². The van der Waals surface area contributed by atoms with E-state index >= 15 is 0 Å². The predicted molar refractivity (Wildman–Crippen MR) is 85.6 cm³/mol. The first-order chi connectivity index (χ1) is 11.1. The number of likely N-dealkylation sites (tertiary alicyclic amines) is 1. The van der Waals surface area contributed by atoms with Crippen molar-refractivity contribution in [2.75, 3.05) is 0 Å². The van der Waals surface area contributed by atoms with E-state index in [-0.39, 0.29) is 23.8 Å². The summed E-state index contributed by atoms with van der Waals surface area (Å²) in [4.78, 5) is 36.8. The van der Waals surface area contributed by atoms with Crippen molar-refractivity contribution in [2.24, 2.45) is 0 Å². The molecule has 0 bridgehead atoms. The van der Waals surface area contributed by atoms with E-state index in [0.29, 0.717) is 24.9 Å². The van der Waals surface area contributed by atoms with Gasteiger partial charge < -0.3 is 5.32 Å². The normalized spacial score (nSPS) is 19.2. The number of hydrogen-bond acceptors (Lipinski definition) is 3. The van der Waals surface area contributed by atoms with Crippen LogP contribution in [0.25, 0.3) is 0 Å². The topological polar surface area (TPSA) is 66.5 Å². The summed E-state index contributed by atoms with van der Waals surface area (Å²) < 4.78 is 0. The fraction of sp³-hybridized carbons (Fsp3) is 0.500. The van der Waals surface area contributed by atoms with Crippen LogP contribution in [-0.4, -0.2) is 28.7 Å². The Labute approximate surface area is 136 Å². The summed E-state index contributed by atoms with van der Waals surface area (Å²) in [6.45, 7) is 0.294. The molecule has 1 saturated heterocycles. The molecule has 1 aromatic carbocycles. The van der Waals surface area contributed by atoms with Crippen molar-refractivity contribution in [2.45, 2.75) is 57.5 Å². The molecule has 0 unspecified atom stereocenters. The van der Waals surface area contributed by atoms with Gasteiger partial charge in [-0.2, -0.15) is 0 Å². The van der Waals surface area contributed by atoms with Crippen molar-refractivity contribution in [1.82, 2.24) is 10.2 Å². The molecule has 1 aliphatic carbocycles. The summed E-state index contributed by atoms with van der Waals surface area (Å²) >= 11 is 0. The molecule has 122 valence electrons. The fourth-order valence-electron chi connectivity index (χ4n) is 3.26. The number of rotatable bonds is 4. The Hall–Kier alpha value is -2.17. The Morgan fingerprint density at radius 1 is 1.00 bits per heavy atom. The maximum Gasteiger partial charge on any atom is 0.251 e. The molecule has 1 heterocycles. The van der Waals surface area contributed by atoms with E-state index < -0.39 is 0 Å². The first-order valence-corrected chi connectivity index (χ1v) is 8.36. The third-order valence-corrected chi connectivity index (χ3v) is 4.65. The molecule has 1 saturated carbocycles. The van der Waals surface area contributed by atoms with Gasteiger partial charge in [0.2, 0.25) is 11.8 Å². The molecule has 2 aliphatic rings. The van der Waals surface area contributed by atoms with Crippen LogP contribution in [0.2, 0.25) is 0 Å². The molecule has 0 radical (unpaired) electrons. The molecular weight excluding hydrogens is 292 g/mol. The van der Waals surface area contributed by atoms with Crippen LogP contribution < -0.4 is 5.32 Å². The molecule has 1 N–H and O–H groups in total. The predicted octanol–water partition coefficient (Wildman–Crippen LogP) is 2.40. The maximum absolute atomic E-state index is 12.2. The number of amides is 3. The Morgan fingerprint density at radius 2 is 1.61 bits per heavy atom. The Kier molecular flexibility index (Phi) is 4.74. The van der Waals surface area contributed by atoms with Crippen LogP contribution in [0.5, 0.6) is 0 Å². The average Bonchev–Trinajstić information content (AvgIpc) is 2.88. The maximum atomic E-state index is 12.2. The Balaban J connectivity index is 1.59. The number of imide groups is 1. The summed E-state index contributed by atoms with van der Waals surface area (Å²) in [5, 5.41) is 3.08. The van der Waals surface area contributed by atoms with Crippen molar-refractivity contribution >= 4 is 17.7 Å². The number of hydrogen-bond donors (Lipinski definition) is 1. The van der Waals surface area contributed by atoms with Gasteiger partial charge in [0.25, 0.3) is 5.91 Å². The first-order valence-electron chi connectivity index (χ1n) is 8.36. The van der Waals surface area contributed by atoms with E-state index in [2.05, 4.69) is 5.32 Å². The van der Waals surface area contributed by atoms with Crippen LogP contribution in [0, 0.1) is 0 Å². The second-order valence-electron chi connectivity index (χ2n) is 6.38. The Morgan fingerprint density at radius 3 is 2.22 bits per heavy atom. The van der Waals surface area contributed by atoms with Crippen molar-refractivity contribution in [3.05, 3.63) is 35.4 Å². The highest BCUT2D eigenvalue weighted by atomic mass is 16.2. The van der Waals surface area contributed by atoms with Crippen LogP contribution in [0.3, 0.4) is 0 Å². The molecule has 2 fully saturated rings. The van der Waals surface area contributed by atoms with E-state index in [4.69, 9.17) is 0 Å². The van der Waals surface area contributed by atoms with E-state index in [1.165, 1.54) is 24.2 Å². The molecule has 1 aliphatic heterocycles. The number of nitrogens with one attached hydrogen (secondary N) is 1.